The largest absolute Gasteiger partial charge is 0.508 e. The summed E-state index contributed by atoms with van der Waals surface area (Å²) in [6.45, 7) is 6.48. The van der Waals surface area contributed by atoms with Gasteiger partial charge in [0.2, 0.25) is 0 Å². The molecule has 110 valence electrons. The molecule has 0 fully saturated rings. The third-order valence-corrected chi connectivity index (χ3v) is 3.67. The van der Waals surface area contributed by atoms with E-state index in [1.165, 1.54) is 0 Å². The van der Waals surface area contributed by atoms with Gasteiger partial charge in [0, 0.05) is 18.2 Å². The fourth-order valence-electron chi connectivity index (χ4n) is 2.49. The Hall–Kier alpha value is -2.29. The van der Waals surface area contributed by atoms with Gasteiger partial charge in [-0.15, -0.1) is 0 Å². The Morgan fingerprint density at radius 3 is 2.52 bits per heavy atom. The van der Waals surface area contributed by atoms with Gasteiger partial charge in [-0.1, -0.05) is 31.2 Å². The maximum Gasteiger partial charge on any atom is 0.258 e. The summed E-state index contributed by atoms with van der Waals surface area (Å²) in [5.41, 5.74) is 3.49. The minimum absolute atomic E-state index is 0.0244. The lowest BCUT2D eigenvalue weighted by Gasteiger charge is -2.24. The number of aryl methyl sites for hydroxylation is 2. The van der Waals surface area contributed by atoms with Crippen LogP contribution in [0.4, 0.5) is 5.69 Å². The zero-order valence-electron chi connectivity index (χ0n) is 12.8. The molecule has 0 unspecified atom stereocenters. The molecule has 0 atom stereocenters. The smallest absolute Gasteiger partial charge is 0.258 e. The zero-order valence-corrected chi connectivity index (χ0v) is 12.8. The molecule has 0 aliphatic heterocycles. The van der Waals surface area contributed by atoms with Crippen molar-refractivity contribution in [3.05, 3.63) is 59.2 Å². The molecule has 0 radical (unpaired) electrons. The van der Waals surface area contributed by atoms with Gasteiger partial charge in [0.15, 0.2) is 0 Å². The van der Waals surface area contributed by atoms with E-state index in [1.807, 2.05) is 51.1 Å². The van der Waals surface area contributed by atoms with E-state index in [1.54, 1.807) is 17.0 Å². The number of amides is 1. The Morgan fingerprint density at radius 2 is 1.86 bits per heavy atom. The zero-order chi connectivity index (χ0) is 15.4. The lowest BCUT2D eigenvalue weighted by atomic mass is 10.0. The Morgan fingerprint density at radius 1 is 1.14 bits per heavy atom. The van der Waals surface area contributed by atoms with Crippen molar-refractivity contribution in [2.24, 2.45) is 0 Å². The number of anilines is 1. The first-order valence-electron chi connectivity index (χ1n) is 7.27. The summed E-state index contributed by atoms with van der Waals surface area (Å²) in [5.74, 6) is 0.147. The molecule has 1 N–H and O–H groups in total. The first kappa shape index (κ1) is 15.1. The summed E-state index contributed by atoms with van der Waals surface area (Å²) in [6, 6.07) is 12.8. The van der Waals surface area contributed by atoms with E-state index in [2.05, 4.69) is 0 Å². The molecule has 0 bridgehead atoms. The highest BCUT2D eigenvalue weighted by Crippen LogP contribution is 2.27. The van der Waals surface area contributed by atoms with Crippen LogP contribution in [0.5, 0.6) is 5.75 Å². The molecule has 1 amide bonds. The molecule has 0 saturated heterocycles. The van der Waals surface area contributed by atoms with Crippen molar-refractivity contribution >= 4 is 11.6 Å². The van der Waals surface area contributed by atoms with E-state index in [0.717, 1.165) is 28.8 Å². The van der Waals surface area contributed by atoms with Crippen LogP contribution in [0.25, 0.3) is 0 Å². The van der Waals surface area contributed by atoms with Gasteiger partial charge in [-0.2, -0.15) is 0 Å². The van der Waals surface area contributed by atoms with Crippen LogP contribution in [-0.2, 0) is 6.42 Å². The third kappa shape index (κ3) is 3.07. The third-order valence-electron chi connectivity index (χ3n) is 3.67. The average molecular weight is 283 g/mol. The topological polar surface area (TPSA) is 40.5 Å². The molecule has 2 aromatic carbocycles. The summed E-state index contributed by atoms with van der Waals surface area (Å²) in [7, 11) is 0. The van der Waals surface area contributed by atoms with Crippen molar-refractivity contribution < 1.29 is 9.90 Å². The Kier molecular flexibility index (Phi) is 4.63. The molecule has 3 heteroatoms. The van der Waals surface area contributed by atoms with Crippen LogP contribution in [0.3, 0.4) is 0 Å². The van der Waals surface area contributed by atoms with Crippen LogP contribution in [-0.4, -0.2) is 17.6 Å². The summed E-state index contributed by atoms with van der Waals surface area (Å²) in [4.78, 5) is 14.6. The quantitative estimate of drug-likeness (QED) is 0.923. The monoisotopic (exact) mass is 283 g/mol. The van der Waals surface area contributed by atoms with Gasteiger partial charge in [-0.3, -0.25) is 4.79 Å². The molecule has 0 heterocycles. The second kappa shape index (κ2) is 6.44. The van der Waals surface area contributed by atoms with Crippen LogP contribution in [0.2, 0.25) is 0 Å². The highest BCUT2D eigenvalue weighted by molar-refractivity contribution is 6.07. The molecule has 0 aliphatic carbocycles. The van der Waals surface area contributed by atoms with Crippen molar-refractivity contribution in [2.45, 2.75) is 27.2 Å². The summed E-state index contributed by atoms with van der Waals surface area (Å²) < 4.78 is 0. The highest BCUT2D eigenvalue weighted by atomic mass is 16.3. The number of nitrogens with zero attached hydrogens (tertiary/aromatic N) is 1. The van der Waals surface area contributed by atoms with Gasteiger partial charge in [-0.25, -0.2) is 0 Å². The number of phenols is 1. The first-order chi connectivity index (χ1) is 10.1. The van der Waals surface area contributed by atoms with E-state index >= 15 is 0 Å². The van der Waals surface area contributed by atoms with Gasteiger partial charge in [0.05, 0.1) is 5.69 Å². The SMILES string of the molecule is CCc1ccccc1C(=O)N(CC)c1cc(O)ccc1C. The van der Waals surface area contributed by atoms with Gasteiger partial charge in [0.25, 0.3) is 5.91 Å². The number of hydrogen-bond donors (Lipinski definition) is 1. The number of carbonyl (C=O) groups is 1. The second-order valence-corrected chi connectivity index (χ2v) is 5.03. The van der Waals surface area contributed by atoms with Crippen LogP contribution in [0, 0.1) is 6.92 Å². The highest BCUT2D eigenvalue weighted by Gasteiger charge is 2.20. The Labute approximate surface area is 125 Å². The maximum absolute atomic E-state index is 12.9. The van der Waals surface area contributed by atoms with Crippen molar-refractivity contribution in [3.8, 4) is 5.75 Å². The van der Waals surface area contributed by atoms with Crippen LogP contribution < -0.4 is 4.90 Å². The number of hydrogen-bond acceptors (Lipinski definition) is 2. The lowest BCUT2D eigenvalue weighted by Crippen LogP contribution is -2.31. The van der Waals surface area contributed by atoms with Gasteiger partial charge in [-0.05, 0) is 43.5 Å². The predicted octanol–water partition coefficient (Wildman–Crippen LogP) is 3.93. The normalized spacial score (nSPS) is 10.4. The number of benzene rings is 2. The second-order valence-electron chi connectivity index (χ2n) is 5.03. The summed E-state index contributed by atoms with van der Waals surface area (Å²) >= 11 is 0. The van der Waals surface area contributed by atoms with Crippen LogP contribution >= 0.6 is 0 Å². The molecular formula is C18H21NO2. The molecule has 2 rings (SSSR count). The van der Waals surface area contributed by atoms with Crippen LogP contribution in [0.15, 0.2) is 42.5 Å². The molecule has 0 aromatic heterocycles. The minimum atomic E-state index is -0.0244. The fourth-order valence-corrected chi connectivity index (χ4v) is 2.49. The van der Waals surface area contributed by atoms with Gasteiger partial charge in [0.1, 0.15) is 5.75 Å². The molecule has 3 nitrogen and oxygen atoms in total. The number of rotatable bonds is 4. The van der Waals surface area contributed by atoms with E-state index < -0.39 is 0 Å². The lowest BCUT2D eigenvalue weighted by molar-refractivity contribution is 0.0987. The van der Waals surface area contributed by atoms with E-state index in [4.69, 9.17) is 0 Å². The standard InChI is InChI=1S/C18H21NO2/c1-4-14-8-6-7-9-16(14)18(21)19(5-2)17-12-15(20)11-10-13(17)3/h6-12,20H,4-5H2,1-3H3. The number of carbonyl (C=O) groups excluding carboxylic acids is 1. The van der Waals surface area contributed by atoms with Crippen molar-refractivity contribution in [3.63, 3.8) is 0 Å². The van der Waals surface area contributed by atoms with E-state index in [9.17, 15) is 9.90 Å². The molecule has 2 aromatic rings. The van der Waals surface area contributed by atoms with Gasteiger partial charge >= 0.3 is 0 Å². The average Bonchev–Trinajstić information content (AvgIpc) is 2.51. The fraction of sp³-hybridized carbons (Fsp3) is 0.278. The molecule has 0 saturated carbocycles. The molecule has 0 spiro atoms. The Bertz CT molecular complexity index is 649. The molecular weight excluding hydrogens is 262 g/mol. The molecule has 0 aliphatic rings. The Balaban J connectivity index is 2.46. The number of aromatic hydroxyl groups is 1. The van der Waals surface area contributed by atoms with Crippen LogP contribution in [0.1, 0.15) is 35.3 Å². The summed E-state index contributed by atoms with van der Waals surface area (Å²) in [6.07, 6.45) is 0.818. The predicted molar refractivity (Wildman–Crippen MR) is 86.0 cm³/mol. The van der Waals surface area contributed by atoms with E-state index in [-0.39, 0.29) is 11.7 Å². The van der Waals surface area contributed by atoms with E-state index in [0.29, 0.717) is 6.54 Å². The first-order valence-corrected chi connectivity index (χ1v) is 7.27. The van der Waals surface area contributed by atoms with Crippen molar-refractivity contribution in [2.75, 3.05) is 11.4 Å². The van der Waals surface area contributed by atoms with Crippen molar-refractivity contribution in [1.29, 1.82) is 0 Å². The van der Waals surface area contributed by atoms with Gasteiger partial charge < -0.3 is 10.0 Å². The van der Waals surface area contributed by atoms with Crippen molar-refractivity contribution in [1.82, 2.24) is 0 Å². The number of phenolic OH excluding ortho intramolecular Hbond substituents is 1. The maximum atomic E-state index is 12.9. The minimum Gasteiger partial charge on any atom is -0.508 e. The summed E-state index contributed by atoms with van der Waals surface area (Å²) in [5, 5.41) is 9.70. The molecule has 21 heavy (non-hydrogen) atoms.